The molecule has 0 N–H and O–H groups in total. The Labute approximate surface area is 134 Å². The fourth-order valence-electron chi connectivity index (χ4n) is 0.799. The Morgan fingerprint density at radius 2 is 1.40 bits per heavy atom. The van der Waals surface area contributed by atoms with Gasteiger partial charge in [-0.2, -0.15) is 0 Å². The van der Waals surface area contributed by atoms with Gasteiger partial charge in [-0.05, 0) is 12.5 Å². The Morgan fingerprint density at radius 1 is 1.00 bits per heavy atom. The van der Waals surface area contributed by atoms with E-state index in [9.17, 15) is 10.2 Å². The second kappa shape index (κ2) is 12.7. The van der Waals surface area contributed by atoms with Crippen LogP contribution in [0.3, 0.4) is 0 Å². The second-order valence-electron chi connectivity index (χ2n) is 2.37. The monoisotopic (exact) mass is 266 g/mol. The van der Waals surface area contributed by atoms with E-state index in [2.05, 4.69) is 0 Å². The minimum atomic E-state index is -1.16. The minimum absolute atomic E-state index is 0. The van der Waals surface area contributed by atoms with Gasteiger partial charge in [-0.1, -0.05) is 35.9 Å². The minimum Gasteiger partial charge on any atom is -1.00 e. The third kappa shape index (κ3) is 10.9. The van der Waals surface area contributed by atoms with Crippen LogP contribution < -0.4 is 35.0 Å². The zero-order chi connectivity index (χ0) is 8.27. The van der Waals surface area contributed by atoms with Crippen molar-refractivity contribution >= 4 is 52.2 Å². The van der Waals surface area contributed by atoms with Crippen LogP contribution in [0.15, 0.2) is 30.2 Å². The van der Waals surface area contributed by atoms with Gasteiger partial charge in [0.2, 0.25) is 0 Å². The Balaban J connectivity index is -0.000000151. The SMILES string of the molecule is Cc1ccc(C=C([O-])[O-])cc1.[Cl-].[Cl-].[Mg+2].[Mg+2]. The van der Waals surface area contributed by atoms with Crippen molar-refractivity contribution in [3.8, 4) is 0 Å². The summed E-state index contributed by atoms with van der Waals surface area (Å²) in [4.78, 5) is 0. The van der Waals surface area contributed by atoms with Gasteiger partial charge in [0.1, 0.15) is 0 Å². The van der Waals surface area contributed by atoms with Crippen molar-refractivity contribution in [1.82, 2.24) is 0 Å². The molecule has 0 aromatic heterocycles. The molecule has 0 radical (unpaired) electrons. The summed E-state index contributed by atoms with van der Waals surface area (Å²) in [6.07, 6.45) is 1.07. The van der Waals surface area contributed by atoms with Crippen LogP contribution in [-0.2, 0) is 0 Å². The van der Waals surface area contributed by atoms with Crippen LogP contribution in [0.25, 0.3) is 6.08 Å². The van der Waals surface area contributed by atoms with Gasteiger partial charge in [0.25, 0.3) is 0 Å². The van der Waals surface area contributed by atoms with E-state index >= 15 is 0 Å². The van der Waals surface area contributed by atoms with Crippen LogP contribution in [0.2, 0.25) is 0 Å². The Kier molecular flexibility index (Phi) is 21.0. The Hall–Kier alpha value is 0.672. The summed E-state index contributed by atoms with van der Waals surface area (Å²) in [5, 5.41) is 20.2. The molecule has 0 amide bonds. The molecular formula is C9H8Cl2Mg2O2. The molecule has 6 heteroatoms. The maximum Gasteiger partial charge on any atom is 2.00 e. The van der Waals surface area contributed by atoms with Crippen molar-refractivity contribution in [1.29, 1.82) is 0 Å². The molecule has 0 heterocycles. The Bertz CT molecular complexity index is 272. The van der Waals surface area contributed by atoms with Crippen molar-refractivity contribution in [3.63, 3.8) is 0 Å². The van der Waals surface area contributed by atoms with Crippen molar-refractivity contribution in [2.75, 3.05) is 0 Å². The number of hydrogen-bond acceptors (Lipinski definition) is 2. The van der Waals surface area contributed by atoms with Crippen LogP contribution in [0, 0.1) is 6.92 Å². The van der Waals surface area contributed by atoms with Gasteiger partial charge >= 0.3 is 46.1 Å². The van der Waals surface area contributed by atoms with Crippen molar-refractivity contribution in [3.05, 3.63) is 41.3 Å². The molecule has 0 unspecified atom stereocenters. The first-order chi connectivity index (χ1) is 5.18. The number of halogens is 2. The molecule has 0 aliphatic heterocycles. The molecule has 0 aliphatic carbocycles. The summed E-state index contributed by atoms with van der Waals surface area (Å²) in [6.45, 7) is 1.95. The van der Waals surface area contributed by atoms with Gasteiger partial charge in [0, 0.05) is 0 Å². The molecule has 74 valence electrons. The normalized spacial score (nSPS) is 6.73. The van der Waals surface area contributed by atoms with E-state index in [1.807, 2.05) is 19.1 Å². The van der Waals surface area contributed by atoms with E-state index in [1.165, 1.54) is 0 Å². The molecule has 0 bridgehead atoms. The summed E-state index contributed by atoms with van der Waals surface area (Å²) in [7, 11) is 0. The van der Waals surface area contributed by atoms with Gasteiger partial charge in [-0.25, -0.2) is 5.95 Å². The zero-order valence-corrected chi connectivity index (χ0v) is 12.7. The molecule has 0 saturated heterocycles. The first-order valence-electron chi connectivity index (χ1n) is 3.31. The molecule has 0 spiro atoms. The van der Waals surface area contributed by atoms with Crippen LogP contribution in [0.5, 0.6) is 0 Å². The summed E-state index contributed by atoms with van der Waals surface area (Å²) in [6, 6.07) is 7.19. The third-order valence-corrected chi connectivity index (χ3v) is 1.36. The molecule has 0 aliphatic rings. The fraction of sp³-hybridized carbons (Fsp3) is 0.111. The molecule has 1 aromatic rings. The molecule has 0 atom stereocenters. The van der Waals surface area contributed by atoms with Crippen molar-refractivity contribution in [2.45, 2.75) is 6.92 Å². The smallest absolute Gasteiger partial charge is 1.00 e. The van der Waals surface area contributed by atoms with Crippen LogP contribution in [-0.4, -0.2) is 46.1 Å². The predicted octanol–water partition coefficient (Wildman–Crippen LogP) is -6.74. The van der Waals surface area contributed by atoms with E-state index < -0.39 is 5.95 Å². The second-order valence-corrected chi connectivity index (χ2v) is 2.37. The quantitative estimate of drug-likeness (QED) is 0.375. The van der Waals surface area contributed by atoms with Crippen LogP contribution in [0.4, 0.5) is 0 Å². The molecule has 1 aromatic carbocycles. The summed E-state index contributed by atoms with van der Waals surface area (Å²) < 4.78 is 0. The first-order valence-corrected chi connectivity index (χ1v) is 3.31. The van der Waals surface area contributed by atoms with Crippen molar-refractivity contribution in [2.24, 2.45) is 0 Å². The van der Waals surface area contributed by atoms with Gasteiger partial charge in [-0.3, -0.25) is 0 Å². The van der Waals surface area contributed by atoms with Crippen LogP contribution in [0.1, 0.15) is 11.1 Å². The maximum absolute atomic E-state index is 10.1. The average Bonchev–Trinajstić information content (AvgIpc) is 1.93. The van der Waals surface area contributed by atoms with Crippen molar-refractivity contribution < 1.29 is 35.0 Å². The maximum atomic E-state index is 10.1. The predicted molar refractivity (Wildman–Crippen MR) is 50.7 cm³/mol. The molecule has 2 nitrogen and oxygen atoms in total. The summed E-state index contributed by atoms with van der Waals surface area (Å²) in [5.74, 6) is -1.16. The Morgan fingerprint density at radius 3 is 1.73 bits per heavy atom. The first kappa shape index (κ1) is 24.8. The summed E-state index contributed by atoms with van der Waals surface area (Å²) in [5.41, 5.74) is 1.77. The van der Waals surface area contributed by atoms with E-state index in [1.54, 1.807) is 12.1 Å². The molecule has 15 heavy (non-hydrogen) atoms. The van der Waals surface area contributed by atoms with E-state index in [-0.39, 0.29) is 70.9 Å². The molecule has 0 saturated carbocycles. The number of hydrogen-bond donors (Lipinski definition) is 0. The topological polar surface area (TPSA) is 46.1 Å². The van der Waals surface area contributed by atoms with Gasteiger partial charge < -0.3 is 35.0 Å². The largest absolute Gasteiger partial charge is 2.00 e. The third-order valence-electron chi connectivity index (χ3n) is 1.36. The molecule has 0 fully saturated rings. The number of aryl methyl sites for hydroxylation is 1. The van der Waals surface area contributed by atoms with Gasteiger partial charge in [-0.15, -0.1) is 0 Å². The van der Waals surface area contributed by atoms with Gasteiger partial charge in [0.15, 0.2) is 0 Å². The summed E-state index contributed by atoms with van der Waals surface area (Å²) >= 11 is 0. The van der Waals surface area contributed by atoms with Crippen LogP contribution >= 0.6 is 0 Å². The molecular weight excluding hydrogens is 260 g/mol. The number of benzene rings is 1. The van der Waals surface area contributed by atoms with E-state index in [0.717, 1.165) is 11.6 Å². The standard InChI is InChI=1S/C9H10O2.2ClH.2Mg/c1-7-2-4-8(5-3-7)6-9(10)11;;;;/h2-6,10-11H,1H3;2*1H;;/q;;;2*+2/p-4. The number of rotatable bonds is 1. The molecule has 1 rings (SSSR count). The van der Waals surface area contributed by atoms with E-state index in [4.69, 9.17) is 0 Å². The van der Waals surface area contributed by atoms with Gasteiger partial charge in [0.05, 0.1) is 0 Å². The fourth-order valence-corrected chi connectivity index (χ4v) is 0.799. The zero-order valence-electron chi connectivity index (χ0n) is 8.37. The van der Waals surface area contributed by atoms with E-state index in [0.29, 0.717) is 5.56 Å². The average molecular weight is 268 g/mol.